The number of aryl methyl sites for hydroxylation is 1. The first-order valence-electron chi connectivity index (χ1n) is 5.37. The lowest BCUT2D eigenvalue weighted by Crippen LogP contribution is -2.15. The fraction of sp³-hybridized carbons (Fsp3) is 0.545. The third-order valence-corrected chi connectivity index (χ3v) is 4.12. The van der Waals surface area contributed by atoms with Gasteiger partial charge in [-0.05, 0) is 34.9 Å². The number of ether oxygens (including phenoxy) is 1. The molecule has 5 nitrogen and oxygen atoms in total. The quantitative estimate of drug-likeness (QED) is 0.476. The molecule has 0 saturated heterocycles. The number of alkyl halides is 1. The first-order valence-corrected chi connectivity index (χ1v) is 6.49. The standard InChI is InChI=1S/C11H13BrN2O3/c1-8-2-3-9(10(13-8)14(15)16)17-7-11(6-12)4-5-11/h2-3H,4-7H2,1H3. The Morgan fingerprint density at radius 3 is 2.82 bits per heavy atom. The zero-order chi connectivity index (χ0) is 12.5. The molecular weight excluding hydrogens is 288 g/mol. The van der Waals surface area contributed by atoms with Gasteiger partial charge in [0, 0.05) is 17.7 Å². The lowest BCUT2D eigenvalue weighted by atomic mass is 10.2. The second-order valence-corrected chi connectivity index (χ2v) is 5.01. The molecule has 0 aliphatic heterocycles. The van der Waals surface area contributed by atoms with Crippen LogP contribution in [-0.2, 0) is 0 Å². The zero-order valence-corrected chi connectivity index (χ0v) is 11.1. The summed E-state index contributed by atoms with van der Waals surface area (Å²) >= 11 is 3.44. The predicted octanol–water partition coefficient (Wildman–Crippen LogP) is 2.85. The van der Waals surface area contributed by atoms with Crippen LogP contribution in [0.15, 0.2) is 12.1 Å². The molecule has 1 aliphatic carbocycles. The molecule has 17 heavy (non-hydrogen) atoms. The van der Waals surface area contributed by atoms with E-state index in [9.17, 15) is 10.1 Å². The summed E-state index contributed by atoms with van der Waals surface area (Å²) in [5, 5.41) is 11.7. The van der Waals surface area contributed by atoms with Crippen molar-refractivity contribution in [1.29, 1.82) is 0 Å². The number of nitro groups is 1. The molecule has 0 radical (unpaired) electrons. The SMILES string of the molecule is Cc1ccc(OCC2(CBr)CC2)c([N+](=O)[O-])n1. The molecule has 92 valence electrons. The van der Waals surface area contributed by atoms with Crippen molar-refractivity contribution in [1.82, 2.24) is 4.98 Å². The molecular formula is C11H13BrN2O3. The molecule has 0 unspecified atom stereocenters. The molecule has 0 amide bonds. The van der Waals surface area contributed by atoms with Crippen molar-refractivity contribution >= 4 is 21.7 Å². The molecule has 0 N–H and O–H groups in total. The van der Waals surface area contributed by atoms with Crippen molar-refractivity contribution in [2.75, 3.05) is 11.9 Å². The summed E-state index contributed by atoms with van der Waals surface area (Å²) in [5.74, 6) is 0.0585. The summed E-state index contributed by atoms with van der Waals surface area (Å²) in [4.78, 5) is 14.2. The van der Waals surface area contributed by atoms with Crippen LogP contribution in [0.2, 0.25) is 0 Å². The Balaban J connectivity index is 2.12. The van der Waals surface area contributed by atoms with Gasteiger partial charge >= 0.3 is 5.82 Å². The summed E-state index contributed by atoms with van der Waals surface area (Å²) in [6, 6.07) is 3.33. The van der Waals surface area contributed by atoms with Gasteiger partial charge in [0.15, 0.2) is 0 Å². The van der Waals surface area contributed by atoms with Crippen molar-refractivity contribution in [2.24, 2.45) is 5.41 Å². The van der Waals surface area contributed by atoms with E-state index >= 15 is 0 Å². The molecule has 1 fully saturated rings. The molecule has 0 atom stereocenters. The van der Waals surface area contributed by atoms with E-state index in [1.807, 2.05) is 0 Å². The fourth-order valence-electron chi connectivity index (χ4n) is 1.50. The van der Waals surface area contributed by atoms with Crippen LogP contribution in [0, 0.1) is 22.5 Å². The molecule has 1 aliphatic rings. The zero-order valence-electron chi connectivity index (χ0n) is 9.48. The van der Waals surface area contributed by atoms with Gasteiger partial charge in [-0.1, -0.05) is 15.9 Å². The van der Waals surface area contributed by atoms with Gasteiger partial charge in [-0.3, -0.25) is 0 Å². The lowest BCUT2D eigenvalue weighted by Gasteiger charge is -2.12. The van der Waals surface area contributed by atoms with Gasteiger partial charge in [0.1, 0.15) is 5.69 Å². The summed E-state index contributed by atoms with van der Waals surface area (Å²) in [6.45, 7) is 2.22. The van der Waals surface area contributed by atoms with E-state index in [4.69, 9.17) is 4.74 Å². The Labute approximate surface area is 107 Å². The largest absolute Gasteiger partial charge is 0.485 e. The number of aromatic nitrogens is 1. The van der Waals surface area contributed by atoms with E-state index < -0.39 is 4.92 Å². The van der Waals surface area contributed by atoms with Crippen LogP contribution < -0.4 is 4.74 Å². The average Bonchev–Trinajstić information content (AvgIpc) is 3.08. The van der Waals surface area contributed by atoms with Gasteiger partial charge in [-0.15, -0.1) is 0 Å². The number of rotatable bonds is 5. The van der Waals surface area contributed by atoms with E-state index in [0.717, 1.165) is 18.2 Å². The first kappa shape index (κ1) is 12.3. The molecule has 1 heterocycles. The topological polar surface area (TPSA) is 65.3 Å². The summed E-state index contributed by atoms with van der Waals surface area (Å²) in [6.07, 6.45) is 2.21. The molecule has 1 aromatic heterocycles. The maximum atomic E-state index is 10.8. The van der Waals surface area contributed by atoms with Crippen LogP contribution in [0.5, 0.6) is 5.75 Å². The number of halogens is 1. The van der Waals surface area contributed by atoms with Crippen LogP contribution in [0.3, 0.4) is 0 Å². The van der Waals surface area contributed by atoms with Crippen molar-refractivity contribution in [2.45, 2.75) is 19.8 Å². The minimum atomic E-state index is -0.504. The highest BCUT2D eigenvalue weighted by Gasteiger charge is 2.42. The maximum absolute atomic E-state index is 10.8. The molecule has 1 saturated carbocycles. The normalized spacial score (nSPS) is 16.6. The van der Waals surface area contributed by atoms with Crippen LogP contribution in [0.25, 0.3) is 0 Å². The summed E-state index contributed by atoms with van der Waals surface area (Å²) in [7, 11) is 0. The van der Waals surface area contributed by atoms with Crippen LogP contribution in [-0.4, -0.2) is 21.8 Å². The summed E-state index contributed by atoms with van der Waals surface area (Å²) < 4.78 is 5.54. The van der Waals surface area contributed by atoms with Crippen molar-refractivity contribution in [3.63, 3.8) is 0 Å². The van der Waals surface area contributed by atoms with Crippen molar-refractivity contribution < 1.29 is 9.66 Å². The van der Waals surface area contributed by atoms with E-state index in [2.05, 4.69) is 20.9 Å². The Bertz CT molecular complexity index is 446. The molecule has 1 aromatic rings. The second kappa shape index (κ2) is 4.60. The Hall–Kier alpha value is -1.17. The number of hydrogen-bond donors (Lipinski definition) is 0. The fourth-order valence-corrected chi connectivity index (χ4v) is 2.22. The van der Waals surface area contributed by atoms with Gasteiger partial charge in [-0.2, -0.15) is 0 Å². The van der Waals surface area contributed by atoms with Gasteiger partial charge in [0.25, 0.3) is 0 Å². The Morgan fingerprint density at radius 1 is 1.59 bits per heavy atom. The van der Waals surface area contributed by atoms with Crippen LogP contribution in [0.4, 0.5) is 5.82 Å². The Morgan fingerprint density at radius 2 is 2.29 bits per heavy atom. The van der Waals surface area contributed by atoms with E-state index in [0.29, 0.717) is 12.3 Å². The number of pyridine rings is 1. The number of nitrogens with zero attached hydrogens (tertiary/aromatic N) is 2. The van der Waals surface area contributed by atoms with Gasteiger partial charge in [0.2, 0.25) is 5.75 Å². The first-order chi connectivity index (χ1) is 8.06. The van der Waals surface area contributed by atoms with Gasteiger partial charge in [0.05, 0.1) is 6.61 Å². The van der Waals surface area contributed by atoms with E-state index in [1.54, 1.807) is 19.1 Å². The maximum Gasteiger partial charge on any atom is 0.406 e. The highest BCUT2D eigenvalue weighted by molar-refractivity contribution is 9.09. The predicted molar refractivity (Wildman–Crippen MR) is 66.6 cm³/mol. The highest BCUT2D eigenvalue weighted by Crippen LogP contribution is 2.47. The minimum Gasteiger partial charge on any atom is -0.485 e. The average molecular weight is 301 g/mol. The van der Waals surface area contributed by atoms with Crippen molar-refractivity contribution in [3.05, 3.63) is 27.9 Å². The lowest BCUT2D eigenvalue weighted by molar-refractivity contribution is -0.390. The molecule has 0 aromatic carbocycles. The van der Waals surface area contributed by atoms with Gasteiger partial charge < -0.3 is 14.9 Å². The summed E-state index contributed by atoms with van der Waals surface area (Å²) in [5.41, 5.74) is 0.782. The van der Waals surface area contributed by atoms with E-state index in [1.165, 1.54) is 0 Å². The van der Waals surface area contributed by atoms with Gasteiger partial charge in [-0.25, -0.2) is 0 Å². The monoisotopic (exact) mass is 300 g/mol. The molecule has 0 spiro atoms. The second-order valence-electron chi connectivity index (χ2n) is 4.45. The third kappa shape index (κ3) is 2.74. The minimum absolute atomic E-state index is 0.165. The van der Waals surface area contributed by atoms with Crippen molar-refractivity contribution in [3.8, 4) is 5.75 Å². The van der Waals surface area contributed by atoms with Crippen LogP contribution in [0.1, 0.15) is 18.5 Å². The van der Waals surface area contributed by atoms with Crippen LogP contribution >= 0.6 is 15.9 Å². The van der Waals surface area contributed by atoms with E-state index in [-0.39, 0.29) is 17.0 Å². The molecule has 0 bridgehead atoms. The molecule has 2 rings (SSSR count). The smallest absolute Gasteiger partial charge is 0.406 e. The highest BCUT2D eigenvalue weighted by atomic mass is 79.9. The molecule has 6 heteroatoms. The third-order valence-electron chi connectivity index (χ3n) is 2.93. The Kier molecular flexibility index (Phi) is 3.33. The number of hydrogen-bond acceptors (Lipinski definition) is 4.